The quantitative estimate of drug-likeness (QED) is 0.438. The van der Waals surface area contributed by atoms with Crippen LogP contribution in [0.1, 0.15) is 5.56 Å². The van der Waals surface area contributed by atoms with Crippen LogP contribution in [0.25, 0.3) is 0 Å². The number of amides is 1. The van der Waals surface area contributed by atoms with Crippen molar-refractivity contribution in [1.82, 2.24) is 0 Å². The number of hydrogen-bond acceptors (Lipinski definition) is 6. The minimum atomic E-state index is -4.07. The maximum Gasteiger partial charge on any atom is 0.394 e. The molecule has 0 aliphatic heterocycles. The molecule has 166 valence electrons. The Morgan fingerprint density at radius 1 is 1.00 bits per heavy atom. The van der Waals surface area contributed by atoms with Crippen molar-refractivity contribution in [3.8, 4) is 17.2 Å². The molecule has 3 rings (SSSR count). The SMILES string of the molecule is Cc1cc(NC(=O)C(=O)O)cc(Cl)c1Oc1ccc(O)c(S(=O)(=O)c2ccc(Cl)cc2)c1. The molecule has 1 amide bonds. The van der Waals surface area contributed by atoms with Crippen molar-refractivity contribution in [2.75, 3.05) is 5.32 Å². The Kier molecular flexibility index (Phi) is 6.63. The van der Waals surface area contributed by atoms with Crippen molar-refractivity contribution in [2.24, 2.45) is 0 Å². The van der Waals surface area contributed by atoms with Crippen LogP contribution in [-0.2, 0) is 19.4 Å². The second-order valence-electron chi connectivity index (χ2n) is 6.55. The van der Waals surface area contributed by atoms with Gasteiger partial charge in [0.2, 0.25) is 9.84 Å². The number of anilines is 1. The van der Waals surface area contributed by atoms with E-state index in [1.807, 2.05) is 0 Å². The molecule has 3 aromatic rings. The van der Waals surface area contributed by atoms with E-state index in [1.165, 1.54) is 48.5 Å². The molecule has 0 aliphatic carbocycles. The lowest BCUT2D eigenvalue weighted by Gasteiger charge is -2.14. The number of rotatable bonds is 5. The number of carboxylic acids is 1. The number of aryl methyl sites for hydroxylation is 1. The highest BCUT2D eigenvalue weighted by atomic mass is 35.5. The molecule has 0 saturated heterocycles. The van der Waals surface area contributed by atoms with Crippen molar-refractivity contribution >= 4 is 50.6 Å². The number of aromatic hydroxyl groups is 1. The number of benzene rings is 3. The number of carboxylic acid groups (broad SMARTS) is 1. The summed E-state index contributed by atoms with van der Waals surface area (Å²) in [6, 6.07) is 11.9. The lowest BCUT2D eigenvalue weighted by Crippen LogP contribution is -2.21. The highest BCUT2D eigenvalue weighted by Crippen LogP contribution is 2.38. The third kappa shape index (κ3) is 4.96. The van der Waals surface area contributed by atoms with Gasteiger partial charge in [0, 0.05) is 16.8 Å². The van der Waals surface area contributed by atoms with E-state index >= 15 is 0 Å². The molecule has 0 spiro atoms. The van der Waals surface area contributed by atoms with Gasteiger partial charge in [-0.2, -0.15) is 0 Å². The monoisotopic (exact) mass is 495 g/mol. The van der Waals surface area contributed by atoms with Crippen molar-refractivity contribution in [3.05, 3.63) is 70.2 Å². The van der Waals surface area contributed by atoms with Crippen LogP contribution in [-0.4, -0.2) is 30.5 Å². The predicted molar refractivity (Wildman–Crippen MR) is 118 cm³/mol. The summed E-state index contributed by atoms with van der Waals surface area (Å²) >= 11 is 12.0. The number of phenols is 1. The molecule has 0 saturated carbocycles. The first kappa shape index (κ1) is 23.4. The first-order valence-corrected chi connectivity index (χ1v) is 11.1. The highest BCUT2D eigenvalue weighted by molar-refractivity contribution is 7.91. The summed E-state index contributed by atoms with van der Waals surface area (Å²) in [5.41, 5.74) is 0.581. The first-order valence-electron chi connectivity index (χ1n) is 8.85. The number of nitrogens with one attached hydrogen (secondary N) is 1. The number of hydrogen-bond donors (Lipinski definition) is 3. The van der Waals surface area contributed by atoms with Crippen LogP contribution >= 0.6 is 23.2 Å². The molecule has 0 heterocycles. The third-order valence-corrected chi connectivity index (χ3v) is 6.58. The highest BCUT2D eigenvalue weighted by Gasteiger charge is 2.23. The fourth-order valence-corrected chi connectivity index (χ4v) is 4.54. The molecular formula is C21H15Cl2NO7S. The van der Waals surface area contributed by atoms with Crippen molar-refractivity contribution in [1.29, 1.82) is 0 Å². The second-order valence-corrected chi connectivity index (χ2v) is 9.31. The maximum absolute atomic E-state index is 12.9. The number of carbonyl (C=O) groups excluding carboxylic acids is 1. The molecule has 11 heteroatoms. The minimum Gasteiger partial charge on any atom is -0.507 e. The average molecular weight is 496 g/mol. The Labute approximate surface area is 192 Å². The van der Waals surface area contributed by atoms with Crippen LogP contribution in [0, 0.1) is 6.92 Å². The van der Waals surface area contributed by atoms with E-state index < -0.39 is 27.5 Å². The molecule has 0 unspecified atom stereocenters. The molecule has 3 N–H and O–H groups in total. The number of phenolic OH excluding ortho intramolecular Hbond substituents is 1. The molecule has 32 heavy (non-hydrogen) atoms. The minimum absolute atomic E-state index is 0.0425. The van der Waals surface area contributed by atoms with E-state index in [0.29, 0.717) is 10.6 Å². The number of carbonyl (C=O) groups is 2. The zero-order valence-electron chi connectivity index (χ0n) is 16.3. The normalized spacial score (nSPS) is 11.1. The molecule has 3 aromatic carbocycles. The second kappa shape index (κ2) is 9.07. The van der Waals surface area contributed by atoms with E-state index in [4.69, 9.17) is 33.0 Å². The van der Waals surface area contributed by atoms with E-state index in [9.17, 15) is 23.1 Å². The van der Waals surface area contributed by atoms with Crippen molar-refractivity contribution in [2.45, 2.75) is 16.7 Å². The maximum atomic E-state index is 12.9. The van der Waals surface area contributed by atoms with Gasteiger partial charge in [-0.1, -0.05) is 23.2 Å². The van der Waals surface area contributed by atoms with E-state index in [1.54, 1.807) is 6.92 Å². The summed E-state index contributed by atoms with van der Waals surface area (Å²) in [7, 11) is -4.07. The lowest BCUT2D eigenvalue weighted by atomic mass is 10.2. The van der Waals surface area contributed by atoms with Gasteiger partial charge in [0.15, 0.2) is 0 Å². The Morgan fingerprint density at radius 2 is 1.66 bits per heavy atom. The molecule has 0 fully saturated rings. The molecule has 0 aromatic heterocycles. The zero-order valence-corrected chi connectivity index (χ0v) is 18.6. The van der Waals surface area contributed by atoms with E-state index in [2.05, 4.69) is 5.32 Å². The van der Waals surface area contributed by atoms with Crippen LogP contribution in [0.3, 0.4) is 0 Å². The Bertz CT molecular complexity index is 1300. The van der Waals surface area contributed by atoms with Gasteiger partial charge in [-0.25, -0.2) is 13.2 Å². The zero-order chi connectivity index (χ0) is 23.6. The van der Waals surface area contributed by atoms with Gasteiger partial charge in [-0.15, -0.1) is 0 Å². The number of aliphatic carboxylic acids is 1. The van der Waals surface area contributed by atoms with Gasteiger partial charge in [0.05, 0.1) is 9.92 Å². The fourth-order valence-electron chi connectivity index (χ4n) is 2.75. The molecule has 0 atom stereocenters. The molecule has 0 radical (unpaired) electrons. The van der Waals surface area contributed by atoms with Crippen LogP contribution < -0.4 is 10.1 Å². The van der Waals surface area contributed by atoms with Gasteiger partial charge in [-0.3, -0.25) is 4.79 Å². The van der Waals surface area contributed by atoms with Gasteiger partial charge >= 0.3 is 11.9 Å². The predicted octanol–water partition coefficient (Wildman–Crippen LogP) is 4.66. The number of halogens is 2. The summed E-state index contributed by atoms with van der Waals surface area (Å²) < 4.78 is 31.6. The standard InChI is InChI=1S/C21H15Cl2NO7S/c1-11-8-13(24-20(26)21(27)28)9-16(23)19(11)31-14-4-7-17(25)18(10-14)32(29,30)15-5-2-12(22)3-6-15/h2-10,25H,1H3,(H,24,26)(H,27,28). The molecule has 8 nitrogen and oxygen atoms in total. The van der Waals surface area contributed by atoms with Gasteiger partial charge in [0.25, 0.3) is 0 Å². The Morgan fingerprint density at radius 3 is 2.25 bits per heavy atom. The van der Waals surface area contributed by atoms with Crippen LogP contribution in [0.4, 0.5) is 5.69 Å². The van der Waals surface area contributed by atoms with Crippen molar-refractivity contribution < 1.29 is 33.0 Å². The summed E-state index contributed by atoms with van der Waals surface area (Å²) in [4.78, 5) is 21.6. The summed E-state index contributed by atoms with van der Waals surface area (Å²) in [6.45, 7) is 1.60. The van der Waals surface area contributed by atoms with E-state index in [-0.39, 0.29) is 32.0 Å². The van der Waals surface area contributed by atoms with E-state index in [0.717, 1.165) is 6.07 Å². The molecule has 0 bridgehead atoms. The Balaban J connectivity index is 1.95. The number of ether oxygens (including phenoxy) is 1. The smallest absolute Gasteiger partial charge is 0.394 e. The fraction of sp³-hybridized carbons (Fsp3) is 0.0476. The largest absolute Gasteiger partial charge is 0.507 e. The molecule has 0 aliphatic rings. The number of sulfone groups is 1. The average Bonchev–Trinajstić information content (AvgIpc) is 2.72. The van der Waals surface area contributed by atoms with Gasteiger partial charge in [0.1, 0.15) is 22.1 Å². The van der Waals surface area contributed by atoms with Crippen LogP contribution in [0.15, 0.2) is 64.4 Å². The van der Waals surface area contributed by atoms with Gasteiger partial charge < -0.3 is 20.3 Å². The third-order valence-electron chi connectivity index (χ3n) is 4.25. The topological polar surface area (TPSA) is 130 Å². The molecular weight excluding hydrogens is 481 g/mol. The van der Waals surface area contributed by atoms with Crippen LogP contribution in [0.2, 0.25) is 10.0 Å². The summed E-state index contributed by atoms with van der Waals surface area (Å²) in [6.07, 6.45) is 0. The summed E-state index contributed by atoms with van der Waals surface area (Å²) in [5.74, 6) is -3.13. The summed E-state index contributed by atoms with van der Waals surface area (Å²) in [5, 5.41) is 21.4. The van der Waals surface area contributed by atoms with Crippen molar-refractivity contribution in [3.63, 3.8) is 0 Å². The van der Waals surface area contributed by atoms with Crippen LogP contribution in [0.5, 0.6) is 17.2 Å². The van der Waals surface area contributed by atoms with Gasteiger partial charge in [-0.05, 0) is 61.0 Å². The first-order chi connectivity index (χ1) is 15.0. The lowest BCUT2D eigenvalue weighted by molar-refractivity contribution is -0.147. The Hall–Kier alpha value is -3.27.